The Morgan fingerprint density at radius 3 is 2.15 bits per heavy atom. The van der Waals surface area contributed by atoms with E-state index in [9.17, 15) is 28.2 Å². The predicted molar refractivity (Wildman–Crippen MR) is 186 cm³/mol. The lowest BCUT2D eigenvalue weighted by Crippen LogP contribution is -2.61. The van der Waals surface area contributed by atoms with Crippen molar-refractivity contribution in [2.75, 3.05) is 26.4 Å². The van der Waals surface area contributed by atoms with E-state index in [0.29, 0.717) is 19.5 Å². The Morgan fingerprint density at radius 2 is 1.60 bits per heavy atom. The van der Waals surface area contributed by atoms with E-state index >= 15 is 0 Å². The van der Waals surface area contributed by atoms with Gasteiger partial charge in [0.2, 0.25) is 17.6 Å². The smallest absolute Gasteiger partial charge is 0.315 e. The third-order valence-corrected chi connectivity index (χ3v) is 12.9. The van der Waals surface area contributed by atoms with E-state index in [0.717, 1.165) is 64.2 Å². The number of ketones is 1. The number of Topliss-reactive ketones (excluding diaryl/α,β-unsaturated/α-hetero) is 1. The zero-order valence-corrected chi connectivity index (χ0v) is 31.0. The second-order valence-electron chi connectivity index (χ2n) is 16.7. The van der Waals surface area contributed by atoms with Crippen molar-refractivity contribution in [1.82, 2.24) is 25.2 Å². The van der Waals surface area contributed by atoms with Crippen LogP contribution in [-0.2, 0) is 30.2 Å². The number of nitrogens with two attached hydrogens (primary N) is 1. The first-order valence-electron chi connectivity index (χ1n) is 18.0. The lowest BCUT2D eigenvalue weighted by atomic mass is 9.79. The van der Waals surface area contributed by atoms with E-state index in [-0.39, 0.29) is 46.5 Å². The van der Waals surface area contributed by atoms with Gasteiger partial charge in [-0.05, 0) is 73.7 Å². The van der Waals surface area contributed by atoms with Crippen molar-refractivity contribution in [2.24, 2.45) is 40.2 Å². The average Bonchev–Trinajstić information content (AvgIpc) is 3.52. The largest absolute Gasteiger partial charge is 0.363 e. The standard InChI is InChI=1S/C35H60N6O6S/c1-34(2,3)26(20-40(6)48(7)47)38-33(46)39-27(22-14-9-8-10-15-22)32(45)41-19-24-23(16-17-35(24,4)5)28(41)31(44)37-25(29(42)30(36)43)18-21-12-11-13-21/h21-28H,8-20H2,1-7H3,(H2,36,43)(H,37,44)(H2,38,39,46)/t23-,24-,25?,26+,27-,28-,48?/m0/s1. The van der Waals surface area contributed by atoms with E-state index in [1.54, 1.807) is 22.5 Å². The van der Waals surface area contributed by atoms with E-state index < -0.39 is 52.7 Å². The number of carbonyl (C=O) groups excluding carboxylic acids is 5. The summed E-state index contributed by atoms with van der Waals surface area (Å²) in [5.41, 5.74) is 4.95. The molecule has 12 nitrogen and oxygen atoms in total. The molecular formula is C35H60N6O6S. The van der Waals surface area contributed by atoms with Gasteiger partial charge in [0.15, 0.2) is 0 Å². The summed E-state index contributed by atoms with van der Waals surface area (Å²) in [7, 11) is 0.527. The SMILES string of the molecule is CN(C[C@@H](NC(=O)N[C@H](C(=O)N1C[C@H]2[C@H](CCC2(C)C)[C@H]1C(=O)NC(CC1CCC1)C(=O)C(N)=O)C1CCCCC1)C(C)(C)C)S(C)=O. The van der Waals surface area contributed by atoms with Gasteiger partial charge in [-0.1, -0.05) is 73.1 Å². The average molecular weight is 693 g/mol. The summed E-state index contributed by atoms with van der Waals surface area (Å²) in [5, 5.41) is 8.99. The Balaban J connectivity index is 1.60. The van der Waals surface area contributed by atoms with Crippen LogP contribution >= 0.6 is 0 Å². The van der Waals surface area contributed by atoms with Gasteiger partial charge in [0.1, 0.15) is 12.1 Å². The van der Waals surface area contributed by atoms with Crippen molar-refractivity contribution >= 4 is 40.5 Å². The molecule has 0 aromatic rings. The Bertz CT molecular complexity index is 1240. The molecule has 1 saturated heterocycles. The maximum Gasteiger partial charge on any atom is 0.315 e. The molecule has 5 amide bonds. The molecule has 2 unspecified atom stereocenters. The van der Waals surface area contributed by atoms with Crippen molar-refractivity contribution < 1.29 is 28.2 Å². The highest BCUT2D eigenvalue weighted by atomic mass is 32.2. The van der Waals surface area contributed by atoms with Gasteiger partial charge in [0, 0.05) is 25.4 Å². The highest BCUT2D eigenvalue weighted by Crippen LogP contribution is 2.53. The Hall–Kier alpha value is -2.54. The first kappa shape index (κ1) is 38.3. The highest BCUT2D eigenvalue weighted by molar-refractivity contribution is 7.81. The molecule has 0 spiro atoms. The van der Waals surface area contributed by atoms with Crippen LogP contribution in [0, 0.1) is 34.5 Å². The number of nitrogens with zero attached hydrogens (tertiary/aromatic N) is 2. The maximum absolute atomic E-state index is 14.8. The maximum atomic E-state index is 14.8. The van der Waals surface area contributed by atoms with Crippen molar-refractivity contribution in [1.29, 1.82) is 0 Å². The molecule has 7 atom stereocenters. The molecule has 0 radical (unpaired) electrons. The fraction of sp³-hybridized carbons (Fsp3) is 0.857. The van der Waals surface area contributed by atoms with E-state index in [4.69, 9.17) is 5.73 Å². The van der Waals surface area contributed by atoms with Crippen LogP contribution in [0.5, 0.6) is 0 Å². The highest BCUT2D eigenvalue weighted by Gasteiger charge is 2.57. The van der Waals surface area contributed by atoms with Gasteiger partial charge in [0.25, 0.3) is 5.91 Å². The van der Waals surface area contributed by atoms with Gasteiger partial charge in [-0.3, -0.25) is 19.2 Å². The van der Waals surface area contributed by atoms with Crippen LogP contribution in [-0.4, -0.2) is 93.5 Å². The zero-order chi connectivity index (χ0) is 35.6. The lowest BCUT2D eigenvalue weighted by molar-refractivity contribution is -0.144. The minimum atomic E-state index is -1.22. The van der Waals surface area contributed by atoms with Crippen LogP contribution < -0.4 is 21.7 Å². The first-order chi connectivity index (χ1) is 22.4. The fourth-order valence-electron chi connectivity index (χ4n) is 8.37. The van der Waals surface area contributed by atoms with Crippen LogP contribution in [0.4, 0.5) is 4.79 Å². The summed E-state index contributed by atoms with van der Waals surface area (Å²) in [5.74, 6) is -2.46. The molecule has 48 heavy (non-hydrogen) atoms. The van der Waals surface area contributed by atoms with Crippen molar-refractivity contribution in [3.05, 3.63) is 0 Å². The number of likely N-dealkylation sites (tertiary alicyclic amines) is 1. The van der Waals surface area contributed by atoms with E-state index in [1.165, 1.54) is 0 Å². The van der Waals surface area contributed by atoms with Gasteiger partial charge in [-0.2, -0.15) is 0 Å². The van der Waals surface area contributed by atoms with E-state index in [1.807, 2.05) is 20.8 Å². The number of nitrogens with one attached hydrogen (secondary N) is 3. The molecule has 3 saturated carbocycles. The summed E-state index contributed by atoms with van der Waals surface area (Å²) >= 11 is 0. The molecule has 4 aliphatic rings. The zero-order valence-electron chi connectivity index (χ0n) is 30.1. The molecule has 4 rings (SSSR count). The predicted octanol–water partition coefficient (Wildman–Crippen LogP) is 2.87. The minimum Gasteiger partial charge on any atom is -0.363 e. The van der Waals surface area contributed by atoms with Crippen LogP contribution in [0.3, 0.4) is 0 Å². The molecule has 1 heterocycles. The van der Waals surface area contributed by atoms with Crippen molar-refractivity contribution in [3.63, 3.8) is 0 Å². The summed E-state index contributed by atoms with van der Waals surface area (Å²) in [6.07, 6.45) is 11.1. The summed E-state index contributed by atoms with van der Waals surface area (Å²) in [4.78, 5) is 69.2. The second-order valence-corrected chi connectivity index (χ2v) is 18.2. The number of likely N-dealkylation sites (N-methyl/N-ethyl adjacent to an activating group) is 1. The van der Waals surface area contributed by atoms with Gasteiger partial charge >= 0.3 is 6.03 Å². The summed E-state index contributed by atoms with van der Waals surface area (Å²) in [6.45, 7) is 11.1. The second kappa shape index (κ2) is 15.6. The number of hydrogen-bond acceptors (Lipinski definition) is 6. The quantitative estimate of drug-likeness (QED) is 0.216. The minimum absolute atomic E-state index is 0.0747. The van der Waals surface area contributed by atoms with Gasteiger partial charge < -0.3 is 26.6 Å². The number of urea groups is 1. The number of hydrogen-bond donors (Lipinski definition) is 4. The normalized spacial score (nSPS) is 26.9. The summed E-state index contributed by atoms with van der Waals surface area (Å²) in [6, 6.07) is -3.50. The molecule has 0 bridgehead atoms. The van der Waals surface area contributed by atoms with Crippen LogP contribution in [0.2, 0.25) is 0 Å². The van der Waals surface area contributed by atoms with Crippen molar-refractivity contribution in [3.8, 4) is 0 Å². The number of carbonyl (C=O) groups is 5. The number of fused-ring (bicyclic) bond motifs is 1. The molecule has 1 aliphatic heterocycles. The summed E-state index contributed by atoms with van der Waals surface area (Å²) < 4.78 is 13.8. The van der Waals surface area contributed by atoms with Crippen LogP contribution in [0.25, 0.3) is 0 Å². The van der Waals surface area contributed by atoms with Gasteiger partial charge in [-0.15, -0.1) is 0 Å². The molecular weight excluding hydrogens is 632 g/mol. The number of amides is 5. The Kier molecular flexibility index (Phi) is 12.4. The molecule has 13 heteroatoms. The first-order valence-corrected chi connectivity index (χ1v) is 19.5. The van der Waals surface area contributed by atoms with E-state index in [2.05, 4.69) is 29.8 Å². The third-order valence-electron chi connectivity index (χ3n) is 11.9. The van der Waals surface area contributed by atoms with Crippen molar-refractivity contribution in [2.45, 2.75) is 129 Å². The molecule has 0 aromatic heterocycles. The van der Waals surface area contributed by atoms with Crippen LogP contribution in [0.1, 0.15) is 105 Å². The monoisotopic (exact) mass is 692 g/mol. The molecule has 0 aromatic carbocycles. The number of primary amides is 1. The fourth-order valence-corrected chi connectivity index (χ4v) is 8.73. The van der Waals surface area contributed by atoms with Gasteiger partial charge in [0.05, 0.1) is 17.0 Å². The van der Waals surface area contributed by atoms with Crippen LogP contribution in [0.15, 0.2) is 0 Å². The molecule has 3 aliphatic carbocycles. The molecule has 5 N–H and O–H groups in total. The third kappa shape index (κ3) is 8.97. The molecule has 272 valence electrons. The Labute approximate surface area is 289 Å². The Morgan fingerprint density at radius 1 is 0.958 bits per heavy atom. The van der Waals surface area contributed by atoms with Gasteiger partial charge in [-0.25, -0.2) is 13.3 Å². The number of rotatable bonds is 13. The lowest BCUT2D eigenvalue weighted by Gasteiger charge is -2.38. The molecule has 4 fully saturated rings. The topological polar surface area (TPSA) is 171 Å².